The highest BCUT2D eigenvalue weighted by atomic mass is 16.6. The average Bonchev–Trinajstić information content (AvgIpc) is 2.09. The first-order valence-electron chi connectivity index (χ1n) is 3.88. The Bertz CT molecular complexity index is 220. The number of nitrogens with one attached hydrogen (secondary N) is 1. The fourth-order valence-corrected chi connectivity index (χ4v) is 0.802. The number of aliphatic hydroxyl groups excluding tert-OH is 1. The lowest BCUT2D eigenvalue weighted by molar-refractivity contribution is 0.133. The van der Waals surface area contributed by atoms with Gasteiger partial charge in [-0.15, -0.1) is 0 Å². The van der Waals surface area contributed by atoms with Crippen molar-refractivity contribution in [1.82, 2.24) is 0 Å². The highest BCUT2D eigenvalue weighted by Gasteiger charge is 1.89. The first-order valence-corrected chi connectivity index (χ1v) is 3.88. The second-order valence-electron chi connectivity index (χ2n) is 2.54. The van der Waals surface area contributed by atoms with Gasteiger partial charge in [-0.25, -0.2) is 0 Å². The molecule has 0 unspecified atom stereocenters. The maximum Gasteiger partial charge on any atom is 0.0976 e. The standard InChI is InChI=1S/C9H13NO2/c1-8-2-4-9(5-3-8)10-12-7-6-11/h2-5,10-11H,6-7H2,1H3. The summed E-state index contributed by atoms with van der Waals surface area (Å²) in [6.45, 7) is 2.35. The lowest BCUT2D eigenvalue weighted by Crippen LogP contribution is -2.05. The molecule has 0 bridgehead atoms. The second-order valence-corrected chi connectivity index (χ2v) is 2.54. The molecule has 0 fully saturated rings. The van der Waals surface area contributed by atoms with Crippen LogP contribution in [0, 0.1) is 6.92 Å². The van der Waals surface area contributed by atoms with Crippen molar-refractivity contribution in [3.63, 3.8) is 0 Å². The van der Waals surface area contributed by atoms with Crippen molar-refractivity contribution >= 4 is 5.69 Å². The molecule has 1 aromatic rings. The molecule has 1 aromatic carbocycles. The van der Waals surface area contributed by atoms with Crippen LogP contribution in [0.15, 0.2) is 24.3 Å². The van der Waals surface area contributed by atoms with Crippen LogP contribution in [0.4, 0.5) is 5.69 Å². The zero-order chi connectivity index (χ0) is 8.81. The summed E-state index contributed by atoms with van der Waals surface area (Å²) >= 11 is 0. The molecule has 66 valence electrons. The Kier molecular flexibility index (Phi) is 3.57. The van der Waals surface area contributed by atoms with Gasteiger partial charge in [0.05, 0.1) is 18.9 Å². The van der Waals surface area contributed by atoms with Crippen molar-refractivity contribution in [2.75, 3.05) is 18.7 Å². The lowest BCUT2D eigenvalue weighted by atomic mass is 10.2. The number of hydrogen-bond donors (Lipinski definition) is 2. The number of aryl methyl sites for hydroxylation is 1. The molecule has 0 radical (unpaired) electrons. The number of hydrogen-bond acceptors (Lipinski definition) is 3. The van der Waals surface area contributed by atoms with E-state index in [0.717, 1.165) is 5.69 Å². The first-order chi connectivity index (χ1) is 5.83. The van der Waals surface area contributed by atoms with Crippen LogP contribution >= 0.6 is 0 Å². The SMILES string of the molecule is Cc1ccc(NOCCO)cc1. The lowest BCUT2D eigenvalue weighted by Gasteiger charge is -2.04. The molecular formula is C9H13NO2. The Labute approximate surface area is 71.9 Å². The molecule has 0 atom stereocenters. The minimum Gasteiger partial charge on any atom is -0.394 e. The van der Waals surface area contributed by atoms with E-state index in [1.54, 1.807) is 0 Å². The molecule has 3 heteroatoms. The van der Waals surface area contributed by atoms with Crippen molar-refractivity contribution in [1.29, 1.82) is 0 Å². The van der Waals surface area contributed by atoms with Gasteiger partial charge in [-0.05, 0) is 19.1 Å². The number of anilines is 1. The Hall–Kier alpha value is -1.06. The third kappa shape index (κ3) is 2.90. The van der Waals surface area contributed by atoms with Crippen molar-refractivity contribution in [2.24, 2.45) is 0 Å². The third-order valence-electron chi connectivity index (χ3n) is 1.43. The molecule has 0 aliphatic rings. The quantitative estimate of drug-likeness (QED) is 0.525. The molecule has 0 aliphatic heterocycles. The highest BCUT2D eigenvalue weighted by molar-refractivity contribution is 5.42. The summed E-state index contributed by atoms with van der Waals surface area (Å²) < 4.78 is 0. The molecule has 12 heavy (non-hydrogen) atoms. The van der Waals surface area contributed by atoms with Crippen LogP contribution in [0.1, 0.15) is 5.56 Å². The summed E-state index contributed by atoms with van der Waals surface area (Å²) in [5, 5.41) is 8.42. The Morgan fingerprint density at radius 2 is 2.00 bits per heavy atom. The Morgan fingerprint density at radius 1 is 1.33 bits per heavy atom. The van der Waals surface area contributed by atoms with Crippen LogP contribution in [0.2, 0.25) is 0 Å². The van der Waals surface area contributed by atoms with Crippen LogP contribution in [0.3, 0.4) is 0 Å². The molecule has 0 saturated carbocycles. The van der Waals surface area contributed by atoms with Gasteiger partial charge in [0.1, 0.15) is 0 Å². The average molecular weight is 167 g/mol. The second kappa shape index (κ2) is 4.74. The van der Waals surface area contributed by atoms with Gasteiger partial charge >= 0.3 is 0 Å². The van der Waals surface area contributed by atoms with Crippen molar-refractivity contribution in [3.8, 4) is 0 Å². The smallest absolute Gasteiger partial charge is 0.0976 e. The fraction of sp³-hybridized carbons (Fsp3) is 0.333. The van der Waals surface area contributed by atoms with E-state index < -0.39 is 0 Å². The zero-order valence-corrected chi connectivity index (χ0v) is 7.08. The maximum absolute atomic E-state index is 8.42. The molecular weight excluding hydrogens is 154 g/mol. The van der Waals surface area contributed by atoms with Gasteiger partial charge in [-0.1, -0.05) is 17.7 Å². The van der Waals surface area contributed by atoms with Crippen LogP contribution in [-0.2, 0) is 4.84 Å². The summed E-state index contributed by atoms with van der Waals surface area (Å²) in [5.41, 5.74) is 4.82. The summed E-state index contributed by atoms with van der Waals surface area (Å²) in [6.07, 6.45) is 0. The van der Waals surface area contributed by atoms with Crippen LogP contribution in [0.25, 0.3) is 0 Å². The van der Waals surface area contributed by atoms with Crippen LogP contribution in [0.5, 0.6) is 0 Å². The summed E-state index contributed by atoms with van der Waals surface area (Å²) in [7, 11) is 0. The van der Waals surface area contributed by atoms with E-state index in [1.165, 1.54) is 5.56 Å². The maximum atomic E-state index is 8.42. The fourth-order valence-electron chi connectivity index (χ4n) is 0.802. The summed E-state index contributed by atoms with van der Waals surface area (Å²) in [5.74, 6) is 0. The van der Waals surface area contributed by atoms with Gasteiger partial charge < -0.3 is 5.11 Å². The van der Waals surface area contributed by atoms with E-state index >= 15 is 0 Å². The zero-order valence-electron chi connectivity index (χ0n) is 7.08. The van der Waals surface area contributed by atoms with Gasteiger partial charge in [-0.2, -0.15) is 0 Å². The number of benzene rings is 1. The van der Waals surface area contributed by atoms with E-state index in [2.05, 4.69) is 5.48 Å². The molecule has 2 N–H and O–H groups in total. The van der Waals surface area contributed by atoms with Crippen LogP contribution in [-0.4, -0.2) is 18.3 Å². The topological polar surface area (TPSA) is 41.5 Å². The molecule has 0 aromatic heterocycles. The normalized spacial score (nSPS) is 9.83. The minimum atomic E-state index is 0.0266. The molecule has 1 rings (SSSR count). The highest BCUT2D eigenvalue weighted by Crippen LogP contribution is 2.07. The minimum absolute atomic E-state index is 0.0266. The van der Waals surface area contributed by atoms with E-state index in [9.17, 15) is 0 Å². The van der Waals surface area contributed by atoms with E-state index in [4.69, 9.17) is 9.94 Å². The van der Waals surface area contributed by atoms with Gasteiger partial charge in [0.2, 0.25) is 0 Å². The summed E-state index contributed by atoms with van der Waals surface area (Å²) in [4.78, 5) is 4.91. The van der Waals surface area contributed by atoms with E-state index in [1.807, 2.05) is 31.2 Å². The largest absolute Gasteiger partial charge is 0.394 e. The predicted molar refractivity (Wildman–Crippen MR) is 47.8 cm³/mol. The van der Waals surface area contributed by atoms with Gasteiger partial charge in [0.15, 0.2) is 0 Å². The molecule has 3 nitrogen and oxygen atoms in total. The monoisotopic (exact) mass is 167 g/mol. The molecule has 0 amide bonds. The van der Waals surface area contributed by atoms with Crippen molar-refractivity contribution < 1.29 is 9.94 Å². The van der Waals surface area contributed by atoms with Crippen LogP contribution < -0.4 is 5.48 Å². The van der Waals surface area contributed by atoms with E-state index in [0.29, 0.717) is 6.61 Å². The molecule has 0 saturated heterocycles. The molecule has 0 aliphatic carbocycles. The van der Waals surface area contributed by atoms with Crippen molar-refractivity contribution in [2.45, 2.75) is 6.92 Å². The van der Waals surface area contributed by atoms with E-state index in [-0.39, 0.29) is 6.61 Å². The van der Waals surface area contributed by atoms with Crippen molar-refractivity contribution in [3.05, 3.63) is 29.8 Å². The molecule has 0 heterocycles. The summed E-state index contributed by atoms with van der Waals surface area (Å²) in [6, 6.07) is 7.83. The first kappa shape index (κ1) is 9.03. The molecule has 0 spiro atoms. The number of rotatable bonds is 4. The van der Waals surface area contributed by atoms with Gasteiger partial charge in [0, 0.05) is 0 Å². The van der Waals surface area contributed by atoms with Gasteiger partial charge in [-0.3, -0.25) is 10.3 Å². The predicted octanol–water partition coefficient (Wildman–Crippen LogP) is 1.33. The third-order valence-corrected chi connectivity index (χ3v) is 1.43. The van der Waals surface area contributed by atoms with Gasteiger partial charge in [0.25, 0.3) is 0 Å². The Balaban J connectivity index is 2.37. The Morgan fingerprint density at radius 3 is 2.58 bits per heavy atom. The number of aliphatic hydroxyl groups is 1.